The monoisotopic (exact) mass is 278 g/mol. The molecule has 1 unspecified atom stereocenters. The molecule has 1 aliphatic carbocycles. The highest BCUT2D eigenvalue weighted by atomic mass is 16.3. The molecule has 3 N–H and O–H groups in total. The van der Waals surface area contributed by atoms with Crippen molar-refractivity contribution in [1.29, 1.82) is 0 Å². The largest absolute Gasteiger partial charge is 0.396 e. The first-order valence-corrected chi connectivity index (χ1v) is 7.70. The van der Waals surface area contributed by atoms with E-state index in [0.717, 1.165) is 44.3 Å². The number of aliphatic hydroxyl groups is 1. The third-order valence-electron chi connectivity index (χ3n) is 4.89. The summed E-state index contributed by atoms with van der Waals surface area (Å²) < 4.78 is 0. The average molecular weight is 278 g/mol. The summed E-state index contributed by atoms with van der Waals surface area (Å²) in [6.07, 6.45) is 5.08. The van der Waals surface area contributed by atoms with E-state index in [1.807, 2.05) is 6.07 Å². The fourth-order valence-corrected chi connectivity index (χ4v) is 3.03. The van der Waals surface area contributed by atoms with Crippen LogP contribution in [0.1, 0.15) is 56.8 Å². The van der Waals surface area contributed by atoms with Gasteiger partial charge in [0.25, 0.3) is 0 Å². The molecule has 1 aromatic rings. The molecule has 112 valence electrons. The van der Waals surface area contributed by atoms with Gasteiger partial charge in [0, 0.05) is 36.4 Å². The van der Waals surface area contributed by atoms with Crippen molar-refractivity contribution in [2.24, 2.45) is 5.41 Å². The van der Waals surface area contributed by atoms with Gasteiger partial charge in [-0.2, -0.15) is 0 Å². The number of H-pyrrole nitrogens is 1. The smallest absolute Gasteiger partial charge is 0.248 e. The maximum atomic E-state index is 11.4. The van der Waals surface area contributed by atoms with Gasteiger partial charge in [0.05, 0.1) is 0 Å². The van der Waals surface area contributed by atoms with Gasteiger partial charge >= 0.3 is 0 Å². The zero-order chi connectivity index (χ0) is 14.6. The highest BCUT2D eigenvalue weighted by Crippen LogP contribution is 2.30. The van der Waals surface area contributed by atoms with Crippen molar-refractivity contribution >= 4 is 0 Å². The summed E-state index contributed by atoms with van der Waals surface area (Å²) in [6, 6.07) is 3.85. The molecule has 4 nitrogen and oxygen atoms in total. The molecule has 1 heterocycles. The Morgan fingerprint density at radius 2 is 2.15 bits per heavy atom. The molecule has 1 atom stereocenters. The topological polar surface area (TPSA) is 65.1 Å². The summed E-state index contributed by atoms with van der Waals surface area (Å²) in [5, 5.41) is 13.3. The number of rotatable bonds is 6. The van der Waals surface area contributed by atoms with Crippen LogP contribution in [-0.2, 0) is 6.42 Å². The van der Waals surface area contributed by atoms with Gasteiger partial charge in [-0.1, -0.05) is 19.9 Å². The van der Waals surface area contributed by atoms with Crippen molar-refractivity contribution < 1.29 is 5.11 Å². The van der Waals surface area contributed by atoms with Crippen molar-refractivity contribution in [1.82, 2.24) is 10.3 Å². The maximum Gasteiger partial charge on any atom is 0.248 e. The minimum absolute atomic E-state index is 0.0174. The summed E-state index contributed by atoms with van der Waals surface area (Å²) in [4.78, 5) is 14.3. The van der Waals surface area contributed by atoms with Crippen molar-refractivity contribution in [2.75, 3.05) is 13.2 Å². The number of aromatic amines is 1. The molecule has 0 radical (unpaired) electrons. The summed E-state index contributed by atoms with van der Waals surface area (Å²) in [5.74, 6) is 0. The van der Waals surface area contributed by atoms with Crippen molar-refractivity contribution in [3.8, 4) is 0 Å². The first-order chi connectivity index (χ1) is 9.64. The van der Waals surface area contributed by atoms with Crippen molar-refractivity contribution in [2.45, 2.75) is 52.0 Å². The van der Waals surface area contributed by atoms with Gasteiger partial charge in [0.1, 0.15) is 0 Å². The Labute approximate surface area is 120 Å². The molecule has 4 heteroatoms. The van der Waals surface area contributed by atoms with E-state index < -0.39 is 0 Å². The number of hydrogen-bond donors (Lipinski definition) is 3. The fraction of sp³-hybridized carbons (Fsp3) is 0.688. The Morgan fingerprint density at radius 3 is 2.80 bits per heavy atom. The summed E-state index contributed by atoms with van der Waals surface area (Å²) >= 11 is 0. The van der Waals surface area contributed by atoms with Crippen molar-refractivity contribution in [3.63, 3.8) is 0 Å². The van der Waals surface area contributed by atoms with E-state index in [1.54, 1.807) is 6.07 Å². The molecule has 0 saturated heterocycles. The van der Waals surface area contributed by atoms with Gasteiger partial charge in [-0.3, -0.25) is 4.79 Å². The molecule has 0 fully saturated rings. The predicted molar refractivity (Wildman–Crippen MR) is 80.8 cm³/mol. The van der Waals surface area contributed by atoms with Crippen LogP contribution in [0.5, 0.6) is 0 Å². The first kappa shape index (κ1) is 15.3. The minimum Gasteiger partial charge on any atom is -0.396 e. The quantitative estimate of drug-likeness (QED) is 0.747. The normalized spacial score (nSPS) is 18.9. The zero-order valence-corrected chi connectivity index (χ0v) is 12.5. The molecule has 0 amide bonds. The molecular weight excluding hydrogens is 252 g/mol. The second kappa shape index (κ2) is 6.55. The van der Waals surface area contributed by atoms with E-state index in [9.17, 15) is 9.90 Å². The van der Waals surface area contributed by atoms with Gasteiger partial charge in [0.15, 0.2) is 0 Å². The van der Waals surface area contributed by atoms with Crippen LogP contribution in [0.3, 0.4) is 0 Å². The van der Waals surface area contributed by atoms with Crippen LogP contribution in [0, 0.1) is 5.41 Å². The zero-order valence-electron chi connectivity index (χ0n) is 12.5. The summed E-state index contributed by atoms with van der Waals surface area (Å²) in [7, 11) is 0. The van der Waals surface area contributed by atoms with Gasteiger partial charge < -0.3 is 15.4 Å². The van der Waals surface area contributed by atoms with E-state index >= 15 is 0 Å². The fourth-order valence-electron chi connectivity index (χ4n) is 3.03. The molecule has 0 bridgehead atoms. The van der Waals surface area contributed by atoms with Crippen LogP contribution in [0.25, 0.3) is 0 Å². The van der Waals surface area contributed by atoms with Crippen LogP contribution in [0.2, 0.25) is 0 Å². The molecule has 20 heavy (non-hydrogen) atoms. The van der Waals surface area contributed by atoms with Crippen LogP contribution in [0.4, 0.5) is 0 Å². The summed E-state index contributed by atoms with van der Waals surface area (Å²) in [6.45, 7) is 5.30. The van der Waals surface area contributed by atoms with E-state index in [0.29, 0.717) is 6.04 Å². The van der Waals surface area contributed by atoms with Crippen molar-refractivity contribution in [3.05, 3.63) is 33.7 Å². The van der Waals surface area contributed by atoms with Gasteiger partial charge in [0.2, 0.25) is 5.56 Å². The Morgan fingerprint density at radius 1 is 1.40 bits per heavy atom. The highest BCUT2D eigenvalue weighted by molar-refractivity contribution is 5.26. The van der Waals surface area contributed by atoms with Gasteiger partial charge in [-0.25, -0.2) is 0 Å². The lowest BCUT2D eigenvalue weighted by molar-refractivity contribution is 0.108. The van der Waals surface area contributed by atoms with Gasteiger partial charge in [-0.05, 0) is 37.7 Å². The molecule has 2 rings (SSSR count). The third-order valence-corrected chi connectivity index (χ3v) is 4.89. The number of fused-ring (bicyclic) bond motifs is 1. The van der Waals surface area contributed by atoms with E-state index in [1.165, 1.54) is 5.56 Å². The van der Waals surface area contributed by atoms with Crippen LogP contribution >= 0.6 is 0 Å². The molecule has 0 spiro atoms. The number of nitrogens with one attached hydrogen (secondary N) is 2. The lowest BCUT2D eigenvalue weighted by Gasteiger charge is -2.34. The van der Waals surface area contributed by atoms with Crippen LogP contribution in [-0.4, -0.2) is 23.2 Å². The van der Waals surface area contributed by atoms with Crippen LogP contribution < -0.4 is 10.9 Å². The predicted octanol–water partition coefficient (Wildman–Crippen LogP) is 2.14. The molecule has 1 aromatic heterocycles. The number of aromatic nitrogens is 1. The van der Waals surface area contributed by atoms with Crippen LogP contribution in [0.15, 0.2) is 16.9 Å². The standard InChI is InChI=1S/C16H26N2O2/c1-3-16(4-2,11-19)10-17-13-6-5-7-14-12(13)8-9-15(20)18-14/h8-9,13,17,19H,3-7,10-11H2,1-2H3,(H,18,20). The number of aryl methyl sites for hydroxylation is 1. The Balaban J connectivity index is 2.10. The molecule has 0 saturated carbocycles. The molecule has 0 aromatic carbocycles. The van der Waals surface area contributed by atoms with E-state index in [-0.39, 0.29) is 17.6 Å². The maximum absolute atomic E-state index is 11.4. The SMILES string of the molecule is CCC(CC)(CO)CNC1CCCc2[nH]c(=O)ccc21. The second-order valence-electron chi connectivity index (χ2n) is 5.95. The minimum atomic E-state index is -0.0280. The molecule has 1 aliphatic rings. The lowest BCUT2D eigenvalue weighted by Crippen LogP contribution is -2.39. The highest BCUT2D eigenvalue weighted by Gasteiger charge is 2.28. The van der Waals surface area contributed by atoms with Gasteiger partial charge in [-0.15, -0.1) is 0 Å². The number of hydrogen-bond acceptors (Lipinski definition) is 3. The molecular formula is C16H26N2O2. The Bertz CT molecular complexity index is 483. The van der Waals surface area contributed by atoms with E-state index in [2.05, 4.69) is 24.1 Å². The number of aliphatic hydroxyl groups excluding tert-OH is 1. The van der Waals surface area contributed by atoms with E-state index in [4.69, 9.17) is 0 Å². The lowest BCUT2D eigenvalue weighted by atomic mass is 9.82. The summed E-state index contributed by atoms with van der Waals surface area (Å²) in [5.41, 5.74) is 2.25. The average Bonchev–Trinajstić information content (AvgIpc) is 2.49. The Kier molecular flexibility index (Phi) is 5.00. The number of pyridine rings is 1. The molecule has 0 aliphatic heterocycles. The first-order valence-electron chi connectivity index (χ1n) is 7.70. The third kappa shape index (κ3) is 3.13. The Hall–Kier alpha value is -1.13. The second-order valence-corrected chi connectivity index (χ2v) is 5.95.